The molecule has 88 valence electrons. The molecule has 0 aliphatic carbocycles. The molecule has 16 heavy (non-hydrogen) atoms. The van der Waals surface area contributed by atoms with Crippen LogP contribution in [0.2, 0.25) is 0 Å². The Hall–Kier alpha value is -1.18. The molecule has 0 amide bonds. The number of rotatable bonds is 2. The van der Waals surface area contributed by atoms with E-state index in [1.807, 2.05) is 6.07 Å². The van der Waals surface area contributed by atoms with E-state index in [4.69, 9.17) is 5.73 Å². The quantitative estimate of drug-likeness (QED) is 0.771. The van der Waals surface area contributed by atoms with Crippen LogP contribution < -0.4 is 10.6 Å². The molecule has 0 aromatic heterocycles. The number of nitrogens with two attached hydrogens (primary N) is 1. The van der Waals surface area contributed by atoms with E-state index in [1.54, 1.807) is 0 Å². The molecule has 2 heteroatoms. The van der Waals surface area contributed by atoms with Crippen molar-refractivity contribution in [1.82, 2.24) is 0 Å². The topological polar surface area (TPSA) is 29.3 Å². The Morgan fingerprint density at radius 2 is 2.19 bits per heavy atom. The molecular formula is C14H22N2. The molecular weight excluding hydrogens is 196 g/mol. The SMILES string of the molecule is CCC1CCCCN1c1cccc(N)c1C. The standard InChI is InChI=1S/C14H22N2/c1-3-12-7-4-5-10-16(12)14-9-6-8-13(15)11(14)2/h6,8-9,12H,3-5,7,10,15H2,1-2H3. The maximum absolute atomic E-state index is 5.99. The summed E-state index contributed by atoms with van der Waals surface area (Å²) in [6, 6.07) is 6.97. The highest BCUT2D eigenvalue weighted by molar-refractivity contribution is 5.64. The minimum atomic E-state index is 0.703. The zero-order valence-corrected chi connectivity index (χ0v) is 10.4. The van der Waals surface area contributed by atoms with Crippen LogP contribution in [0, 0.1) is 6.92 Å². The fraction of sp³-hybridized carbons (Fsp3) is 0.571. The number of nitrogen functional groups attached to an aromatic ring is 1. The first kappa shape index (κ1) is 11.3. The molecule has 1 atom stereocenters. The molecule has 1 unspecified atom stereocenters. The molecule has 1 saturated heterocycles. The molecule has 0 spiro atoms. The number of anilines is 2. The van der Waals surface area contributed by atoms with Gasteiger partial charge in [-0.1, -0.05) is 13.0 Å². The van der Waals surface area contributed by atoms with Crippen LogP contribution in [0.4, 0.5) is 11.4 Å². The first-order valence-electron chi connectivity index (χ1n) is 6.35. The Kier molecular flexibility index (Phi) is 3.37. The van der Waals surface area contributed by atoms with Gasteiger partial charge in [-0.2, -0.15) is 0 Å². The van der Waals surface area contributed by atoms with Crippen molar-refractivity contribution in [3.05, 3.63) is 23.8 Å². The van der Waals surface area contributed by atoms with Crippen LogP contribution in [-0.4, -0.2) is 12.6 Å². The van der Waals surface area contributed by atoms with Gasteiger partial charge in [0.25, 0.3) is 0 Å². The fourth-order valence-corrected chi connectivity index (χ4v) is 2.69. The summed E-state index contributed by atoms with van der Waals surface area (Å²) in [7, 11) is 0. The van der Waals surface area contributed by atoms with Gasteiger partial charge >= 0.3 is 0 Å². The van der Waals surface area contributed by atoms with E-state index in [2.05, 4.69) is 30.9 Å². The fourth-order valence-electron chi connectivity index (χ4n) is 2.69. The molecule has 0 radical (unpaired) electrons. The van der Waals surface area contributed by atoms with Crippen LogP contribution in [0.25, 0.3) is 0 Å². The average molecular weight is 218 g/mol. The van der Waals surface area contributed by atoms with E-state index < -0.39 is 0 Å². The second kappa shape index (κ2) is 4.77. The Bertz CT molecular complexity index is 360. The largest absolute Gasteiger partial charge is 0.398 e. The Labute approximate surface area is 98.4 Å². The lowest BCUT2D eigenvalue weighted by Gasteiger charge is -2.38. The van der Waals surface area contributed by atoms with E-state index in [0.29, 0.717) is 6.04 Å². The van der Waals surface area contributed by atoms with Gasteiger partial charge < -0.3 is 10.6 Å². The van der Waals surface area contributed by atoms with Crippen molar-refractivity contribution in [2.24, 2.45) is 0 Å². The summed E-state index contributed by atoms with van der Waals surface area (Å²) in [6.45, 7) is 5.60. The summed E-state index contributed by atoms with van der Waals surface area (Å²) in [4.78, 5) is 2.55. The first-order chi connectivity index (χ1) is 7.74. The molecule has 2 rings (SSSR count). The molecule has 2 nitrogen and oxygen atoms in total. The minimum absolute atomic E-state index is 0.703. The lowest BCUT2D eigenvalue weighted by Crippen LogP contribution is -2.39. The molecule has 1 aromatic carbocycles. The van der Waals surface area contributed by atoms with Crippen molar-refractivity contribution in [2.45, 2.75) is 45.6 Å². The van der Waals surface area contributed by atoms with Crippen LogP contribution in [-0.2, 0) is 0 Å². The predicted octanol–water partition coefficient (Wildman–Crippen LogP) is 3.35. The normalized spacial score (nSPS) is 21.1. The van der Waals surface area contributed by atoms with Crippen LogP contribution in [0.3, 0.4) is 0 Å². The zero-order valence-electron chi connectivity index (χ0n) is 10.4. The number of hydrogen-bond donors (Lipinski definition) is 1. The molecule has 1 fully saturated rings. The van der Waals surface area contributed by atoms with Gasteiger partial charge in [0.1, 0.15) is 0 Å². The van der Waals surface area contributed by atoms with Gasteiger partial charge in [0.05, 0.1) is 0 Å². The monoisotopic (exact) mass is 218 g/mol. The first-order valence-corrected chi connectivity index (χ1v) is 6.35. The van der Waals surface area contributed by atoms with Crippen molar-refractivity contribution in [3.63, 3.8) is 0 Å². The van der Waals surface area contributed by atoms with E-state index >= 15 is 0 Å². The molecule has 2 N–H and O–H groups in total. The third-order valence-corrected chi connectivity index (χ3v) is 3.75. The average Bonchev–Trinajstić information content (AvgIpc) is 2.33. The highest BCUT2D eigenvalue weighted by Crippen LogP contribution is 2.31. The lowest BCUT2D eigenvalue weighted by atomic mass is 9.98. The highest BCUT2D eigenvalue weighted by atomic mass is 15.2. The van der Waals surface area contributed by atoms with Crippen LogP contribution in [0.15, 0.2) is 18.2 Å². The molecule has 0 bridgehead atoms. The second-order valence-corrected chi connectivity index (χ2v) is 4.74. The maximum Gasteiger partial charge on any atom is 0.0419 e. The van der Waals surface area contributed by atoms with Crippen molar-refractivity contribution < 1.29 is 0 Å². The van der Waals surface area contributed by atoms with Gasteiger partial charge in [-0.3, -0.25) is 0 Å². The number of nitrogens with zero attached hydrogens (tertiary/aromatic N) is 1. The van der Waals surface area contributed by atoms with Crippen molar-refractivity contribution in [2.75, 3.05) is 17.2 Å². The summed E-state index contributed by atoms with van der Waals surface area (Å²) in [5.41, 5.74) is 9.48. The van der Waals surface area contributed by atoms with Crippen molar-refractivity contribution in [3.8, 4) is 0 Å². The number of benzene rings is 1. The molecule has 1 aromatic rings. The molecule has 0 saturated carbocycles. The molecule has 1 aliphatic heterocycles. The Balaban J connectivity index is 2.30. The Morgan fingerprint density at radius 3 is 2.94 bits per heavy atom. The van der Waals surface area contributed by atoms with Gasteiger partial charge in [-0.15, -0.1) is 0 Å². The van der Waals surface area contributed by atoms with Crippen LogP contribution in [0.1, 0.15) is 38.2 Å². The van der Waals surface area contributed by atoms with Gasteiger partial charge in [0, 0.05) is 24.0 Å². The zero-order chi connectivity index (χ0) is 11.5. The summed E-state index contributed by atoms with van der Waals surface area (Å²) in [5.74, 6) is 0. The minimum Gasteiger partial charge on any atom is -0.398 e. The predicted molar refractivity (Wildman–Crippen MR) is 70.9 cm³/mol. The summed E-state index contributed by atoms with van der Waals surface area (Å²) >= 11 is 0. The molecule has 1 aliphatic rings. The van der Waals surface area contributed by atoms with Gasteiger partial charge in [0.15, 0.2) is 0 Å². The van der Waals surface area contributed by atoms with E-state index in [0.717, 1.165) is 5.69 Å². The third kappa shape index (κ3) is 2.01. The van der Waals surface area contributed by atoms with E-state index in [9.17, 15) is 0 Å². The number of hydrogen-bond acceptors (Lipinski definition) is 2. The van der Waals surface area contributed by atoms with Crippen LogP contribution >= 0.6 is 0 Å². The van der Waals surface area contributed by atoms with Crippen LogP contribution in [0.5, 0.6) is 0 Å². The summed E-state index contributed by atoms with van der Waals surface area (Å²) in [5, 5.41) is 0. The van der Waals surface area contributed by atoms with Gasteiger partial charge in [0.2, 0.25) is 0 Å². The van der Waals surface area contributed by atoms with Crippen molar-refractivity contribution in [1.29, 1.82) is 0 Å². The van der Waals surface area contributed by atoms with Crippen molar-refractivity contribution >= 4 is 11.4 Å². The maximum atomic E-state index is 5.99. The third-order valence-electron chi connectivity index (χ3n) is 3.75. The second-order valence-electron chi connectivity index (χ2n) is 4.74. The highest BCUT2D eigenvalue weighted by Gasteiger charge is 2.22. The molecule has 1 heterocycles. The lowest BCUT2D eigenvalue weighted by molar-refractivity contribution is 0.449. The number of piperidine rings is 1. The Morgan fingerprint density at radius 1 is 1.38 bits per heavy atom. The van der Waals surface area contributed by atoms with Gasteiger partial charge in [-0.25, -0.2) is 0 Å². The van der Waals surface area contributed by atoms with E-state index in [1.165, 1.54) is 43.5 Å². The van der Waals surface area contributed by atoms with E-state index in [-0.39, 0.29) is 0 Å². The summed E-state index contributed by atoms with van der Waals surface area (Å²) < 4.78 is 0. The smallest absolute Gasteiger partial charge is 0.0419 e. The van der Waals surface area contributed by atoms with Gasteiger partial charge in [-0.05, 0) is 50.3 Å². The summed E-state index contributed by atoms with van der Waals surface area (Å²) in [6.07, 6.45) is 5.24.